The largest absolute Gasteiger partial charge is 0.330 e. The molecule has 0 aliphatic carbocycles. The van der Waals surface area contributed by atoms with Crippen molar-refractivity contribution >= 4 is 0 Å². The van der Waals surface area contributed by atoms with Crippen LogP contribution in [0.5, 0.6) is 0 Å². The van der Waals surface area contributed by atoms with Crippen molar-refractivity contribution in [1.82, 2.24) is 0 Å². The lowest BCUT2D eigenvalue weighted by molar-refractivity contribution is 0.547. The fourth-order valence-corrected chi connectivity index (χ4v) is 1.91. The van der Waals surface area contributed by atoms with E-state index in [1.54, 1.807) is 0 Å². The first-order chi connectivity index (χ1) is 7.41. The van der Waals surface area contributed by atoms with Crippen LogP contribution in [0.4, 0.5) is 0 Å². The van der Waals surface area contributed by atoms with Gasteiger partial charge in [0.2, 0.25) is 0 Å². The Morgan fingerprint density at radius 2 is 0.867 bits per heavy atom. The van der Waals surface area contributed by atoms with Crippen LogP contribution < -0.4 is 5.73 Å². The van der Waals surface area contributed by atoms with Gasteiger partial charge in [-0.3, -0.25) is 0 Å². The third kappa shape index (κ3) is 14.0. The van der Waals surface area contributed by atoms with Crippen LogP contribution in [0.25, 0.3) is 0 Å². The highest BCUT2D eigenvalue weighted by Crippen LogP contribution is 2.11. The van der Waals surface area contributed by atoms with Crippen LogP contribution in [0.1, 0.15) is 77.0 Å². The molecule has 0 heterocycles. The van der Waals surface area contributed by atoms with E-state index in [0.29, 0.717) is 0 Å². The molecule has 15 heavy (non-hydrogen) atoms. The molecule has 91 valence electrons. The first-order valence-electron chi connectivity index (χ1n) is 6.91. The van der Waals surface area contributed by atoms with Gasteiger partial charge in [-0.2, -0.15) is 0 Å². The van der Waals surface area contributed by atoms with Crippen molar-refractivity contribution in [2.75, 3.05) is 6.54 Å². The molecular formula is C14H30N. The second kappa shape index (κ2) is 14.0. The lowest BCUT2D eigenvalue weighted by atomic mass is 10.1. The molecule has 0 aliphatic heterocycles. The second-order valence-corrected chi connectivity index (χ2v) is 4.53. The Hall–Kier alpha value is -0.0400. The van der Waals surface area contributed by atoms with Crippen LogP contribution in [0.15, 0.2) is 0 Å². The predicted octanol–water partition coefficient (Wildman–Crippen LogP) is 4.46. The van der Waals surface area contributed by atoms with Gasteiger partial charge in [-0.25, -0.2) is 0 Å². The maximum Gasteiger partial charge on any atom is -0.00773 e. The highest BCUT2D eigenvalue weighted by Gasteiger charge is 1.92. The fourth-order valence-electron chi connectivity index (χ4n) is 1.91. The third-order valence-corrected chi connectivity index (χ3v) is 2.95. The molecule has 0 fully saturated rings. The van der Waals surface area contributed by atoms with Crippen molar-refractivity contribution in [1.29, 1.82) is 0 Å². The van der Waals surface area contributed by atoms with E-state index < -0.39 is 0 Å². The van der Waals surface area contributed by atoms with Gasteiger partial charge < -0.3 is 5.73 Å². The quantitative estimate of drug-likeness (QED) is 0.475. The highest BCUT2D eigenvalue weighted by atomic mass is 14.5. The fraction of sp³-hybridized carbons (Fsp3) is 0.929. The number of hydrogen-bond donors (Lipinski definition) is 1. The summed E-state index contributed by atoms with van der Waals surface area (Å²) in [5, 5.41) is 0. The Labute approximate surface area is 96.8 Å². The molecule has 1 radical (unpaired) electrons. The topological polar surface area (TPSA) is 26.0 Å². The summed E-state index contributed by atoms with van der Waals surface area (Å²) in [6.45, 7) is 4.73. The number of nitrogens with two attached hydrogens (primary N) is 1. The molecule has 0 bridgehead atoms. The Bertz CT molecular complexity index is 89.5. The summed E-state index contributed by atoms with van der Waals surface area (Å²) in [4.78, 5) is 0. The molecule has 0 atom stereocenters. The Kier molecular flexibility index (Phi) is 13.9. The summed E-state index contributed by atoms with van der Waals surface area (Å²) in [6.07, 6.45) is 16.3. The molecular weight excluding hydrogens is 182 g/mol. The van der Waals surface area contributed by atoms with Gasteiger partial charge in [0.05, 0.1) is 0 Å². The van der Waals surface area contributed by atoms with Crippen molar-refractivity contribution in [2.24, 2.45) is 5.73 Å². The molecule has 0 spiro atoms. The van der Waals surface area contributed by atoms with Gasteiger partial charge in [0.15, 0.2) is 0 Å². The van der Waals surface area contributed by atoms with Gasteiger partial charge in [-0.15, -0.1) is 0 Å². The van der Waals surface area contributed by atoms with E-state index >= 15 is 0 Å². The molecule has 0 aliphatic rings. The van der Waals surface area contributed by atoms with Gasteiger partial charge in [-0.1, -0.05) is 77.6 Å². The molecule has 0 aromatic heterocycles. The van der Waals surface area contributed by atoms with Gasteiger partial charge in [0, 0.05) is 0 Å². The number of rotatable bonds is 12. The van der Waals surface area contributed by atoms with E-state index in [1.165, 1.54) is 70.6 Å². The second-order valence-electron chi connectivity index (χ2n) is 4.53. The van der Waals surface area contributed by atoms with E-state index in [0.717, 1.165) is 13.0 Å². The SMILES string of the molecule is [CH2]CCCCCCCCCCCCCN. The predicted molar refractivity (Wildman–Crippen MR) is 69.8 cm³/mol. The van der Waals surface area contributed by atoms with Gasteiger partial charge in [0.1, 0.15) is 0 Å². The Morgan fingerprint density at radius 1 is 0.533 bits per heavy atom. The molecule has 2 N–H and O–H groups in total. The number of unbranched alkanes of at least 4 members (excludes halogenated alkanes) is 11. The van der Waals surface area contributed by atoms with Crippen LogP contribution in [0.2, 0.25) is 0 Å². The van der Waals surface area contributed by atoms with Crippen LogP contribution in [0.3, 0.4) is 0 Å². The average Bonchev–Trinajstić information content (AvgIpc) is 2.26. The molecule has 0 aromatic carbocycles. The monoisotopic (exact) mass is 212 g/mol. The zero-order chi connectivity index (χ0) is 11.2. The standard InChI is InChI=1S/C14H30N/c1-2-3-4-5-6-7-8-9-10-11-12-13-14-15/h1-15H2. The highest BCUT2D eigenvalue weighted by molar-refractivity contribution is 4.49. The van der Waals surface area contributed by atoms with Crippen molar-refractivity contribution in [3.05, 3.63) is 6.92 Å². The maximum atomic E-state index is 5.44. The van der Waals surface area contributed by atoms with E-state index in [1.807, 2.05) is 0 Å². The first-order valence-corrected chi connectivity index (χ1v) is 6.91. The molecule has 0 unspecified atom stereocenters. The molecule has 0 amide bonds. The van der Waals surface area contributed by atoms with E-state index in [2.05, 4.69) is 6.92 Å². The zero-order valence-corrected chi connectivity index (χ0v) is 10.5. The molecule has 0 rings (SSSR count). The van der Waals surface area contributed by atoms with Crippen molar-refractivity contribution in [2.45, 2.75) is 77.0 Å². The lowest BCUT2D eigenvalue weighted by Gasteiger charge is -2.01. The lowest BCUT2D eigenvalue weighted by Crippen LogP contribution is -1.97. The molecule has 1 heteroatoms. The summed E-state index contributed by atoms with van der Waals surface area (Å²) in [6, 6.07) is 0. The van der Waals surface area contributed by atoms with E-state index in [9.17, 15) is 0 Å². The van der Waals surface area contributed by atoms with Crippen LogP contribution in [-0.4, -0.2) is 6.54 Å². The molecule has 0 saturated heterocycles. The van der Waals surface area contributed by atoms with Crippen molar-refractivity contribution < 1.29 is 0 Å². The summed E-state index contributed by atoms with van der Waals surface area (Å²) in [7, 11) is 0. The van der Waals surface area contributed by atoms with Crippen LogP contribution in [-0.2, 0) is 0 Å². The molecule has 0 saturated carbocycles. The maximum absolute atomic E-state index is 5.44. The minimum Gasteiger partial charge on any atom is -0.330 e. The van der Waals surface area contributed by atoms with Gasteiger partial charge >= 0.3 is 0 Å². The zero-order valence-electron chi connectivity index (χ0n) is 10.5. The molecule has 1 nitrogen and oxygen atoms in total. The minimum absolute atomic E-state index is 0.867. The third-order valence-electron chi connectivity index (χ3n) is 2.95. The van der Waals surface area contributed by atoms with Gasteiger partial charge in [-0.05, 0) is 13.0 Å². The Morgan fingerprint density at radius 3 is 1.20 bits per heavy atom. The molecule has 0 aromatic rings. The minimum atomic E-state index is 0.867. The summed E-state index contributed by atoms with van der Waals surface area (Å²) < 4.78 is 0. The summed E-state index contributed by atoms with van der Waals surface area (Å²) in [5.41, 5.74) is 5.44. The van der Waals surface area contributed by atoms with Gasteiger partial charge in [0.25, 0.3) is 0 Å². The van der Waals surface area contributed by atoms with Crippen molar-refractivity contribution in [3.8, 4) is 0 Å². The average molecular weight is 212 g/mol. The van der Waals surface area contributed by atoms with Crippen LogP contribution >= 0.6 is 0 Å². The van der Waals surface area contributed by atoms with E-state index in [4.69, 9.17) is 5.73 Å². The van der Waals surface area contributed by atoms with Crippen molar-refractivity contribution in [3.63, 3.8) is 0 Å². The summed E-state index contributed by atoms with van der Waals surface area (Å²) >= 11 is 0. The smallest absolute Gasteiger partial charge is 0.00773 e. The Balaban J connectivity index is 2.81. The first kappa shape index (κ1) is 15.0. The van der Waals surface area contributed by atoms with Crippen LogP contribution in [0, 0.1) is 6.92 Å². The summed E-state index contributed by atoms with van der Waals surface area (Å²) in [5.74, 6) is 0. The van der Waals surface area contributed by atoms with E-state index in [-0.39, 0.29) is 0 Å². The normalized spacial score (nSPS) is 10.8. The number of hydrogen-bond acceptors (Lipinski definition) is 1.